The number of fused-ring (bicyclic) bond motifs is 4. The number of rotatable bonds is 2. The molecule has 1 heterocycles. The number of alkyl halides is 1. The Bertz CT molecular complexity index is 542. The van der Waals surface area contributed by atoms with Gasteiger partial charge in [-0.15, -0.1) is 0 Å². The summed E-state index contributed by atoms with van der Waals surface area (Å²) in [5.41, 5.74) is 3.12. The summed E-state index contributed by atoms with van der Waals surface area (Å²) in [6, 6.07) is 6.74. The van der Waals surface area contributed by atoms with Crippen LogP contribution in [0.3, 0.4) is 0 Å². The number of benzene rings is 1. The van der Waals surface area contributed by atoms with Gasteiger partial charge in [-0.3, -0.25) is 4.90 Å². The predicted octanol–water partition coefficient (Wildman–Crippen LogP) is 4.38. The molecule has 1 aliphatic heterocycles. The molecule has 0 radical (unpaired) electrons. The van der Waals surface area contributed by atoms with Crippen molar-refractivity contribution < 1.29 is 5.11 Å². The molecule has 0 amide bonds. The Kier molecular flexibility index (Phi) is 4.75. The Morgan fingerprint density at radius 2 is 2.05 bits per heavy atom. The Balaban J connectivity index is 0.000000693. The first kappa shape index (κ1) is 16.6. The van der Waals surface area contributed by atoms with Crippen LogP contribution in [0.5, 0.6) is 5.75 Å². The average molecular weight is 413 g/mol. The Morgan fingerprint density at radius 1 is 1.32 bits per heavy atom. The van der Waals surface area contributed by atoms with E-state index < -0.39 is 0 Å². The molecule has 4 rings (SSSR count). The molecule has 1 saturated carbocycles. The second kappa shape index (κ2) is 6.31. The van der Waals surface area contributed by atoms with Gasteiger partial charge in [-0.25, -0.2) is 0 Å². The third-order valence-corrected chi connectivity index (χ3v) is 6.30. The van der Waals surface area contributed by atoms with Crippen LogP contribution in [0.4, 0.5) is 0 Å². The van der Waals surface area contributed by atoms with Gasteiger partial charge in [-0.2, -0.15) is 0 Å². The standard InChI is InChI=1S/C18H25NO.CH3I/c1-12-17-9-14-5-6-15(20)10-16(14)18(12,2)7-8-19(17)11-13-3-4-13;1-2/h5-6,10,12-13,17,20H,3-4,7-9,11H2,1-2H3;1H3. The van der Waals surface area contributed by atoms with Crippen molar-refractivity contribution in [2.24, 2.45) is 11.8 Å². The van der Waals surface area contributed by atoms with E-state index in [0.717, 1.165) is 5.92 Å². The van der Waals surface area contributed by atoms with Crippen molar-refractivity contribution in [3.63, 3.8) is 0 Å². The first-order valence-electron chi connectivity index (χ1n) is 8.52. The number of nitrogens with zero attached hydrogens (tertiary/aromatic N) is 1. The Labute approximate surface area is 148 Å². The van der Waals surface area contributed by atoms with Gasteiger partial charge in [0.1, 0.15) is 5.75 Å². The summed E-state index contributed by atoms with van der Waals surface area (Å²) in [4.78, 5) is 4.73. The second-order valence-electron chi connectivity index (χ2n) is 7.51. The van der Waals surface area contributed by atoms with Crippen LogP contribution in [0.15, 0.2) is 18.2 Å². The lowest BCUT2D eigenvalue weighted by molar-refractivity contribution is 0.0283. The van der Waals surface area contributed by atoms with E-state index in [-0.39, 0.29) is 5.41 Å². The smallest absolute Gasteiger partial charge is 0.115 e. The molecular formula is C19H28INO. The molecule has 2 bridgehead atoms. The maximum atomic E-state index is 9.85. The summed E-state index contributed by atoms with van der Waals surface area (Å²) in [6.07, 6.45) is 5.28. The maximum Gasteiger partial charge on any atom is 0.115 e. The minimum absolute atomic E-state index is 0.247. The number of hydrogen-bond donors (Lipinski definition) is 1. The van der Waals surface area contributed by atoms with E-state index in [9.17, 15) is 5.11 Å². The summed E-state index contributed by atoms with van der Waals surface area (Å²) in [5, 5.41) is 9.85. The van der Waals surface area contributed by atoms with Crippen LogP contribution in [-0.4, -0.2) is 34.1 Å². The summed E-state index contributed by atoms with van der Waals surface area (Å²) < 4.78 is 0. The molecule has 0 spiro atoms. The van der Waals surface area contributed by atoms with E-state index in [1.165, 1.54) is 49.9 Å². The van der Waals surface area contributed by atoms with Gasteiger partial charge in [0.15, 0.2) is 0 Å². The number of phenolic OH excluding ortho intramolecular Hbond substituents is 1. The SMILES string of the molecule is CC1C2Cc3ccc(O)cc3C1(C)CCN2CC1CC1.CI. The van der Waals surface area contributed by atoms with Gasteiger partial charge < -0.3 is 5.11 Å². The highest BCUT2D eigenvalue weighted by molar-refractivity contribution is 14.1. The first-order valence-corrected chi connectivity index (χ1v) is 10.7. The van der Waals surface area contributed by atoms with Crippen LogP contribution in [0, 0.1) is 11.8 Å². The summed E-state index contributed by atoms with van der Waals surface area (Å²) in [7, 11) is 0. The van der Waals surface area contributed by atoms with Crippen molar-refractivity contribution in [1.82, 2.24) is 4.90 Å². The van der Waals surface area contributed by atoms with Gasteiger partial charge in [0, 0.05) is 12.6 Å². The summed E-state index contributed by atoms with van der Waals surface area (Å²) in [6.45, 7) is 7.39. The zero-order valence-corrected chi connectivity index (χ0v) is 16.1. The number of halogens is 1. The highest BCUT2D eigenvalue weighted by Gasteiger charge is 2.48. The maximum absolute atomic E-state index is 9.85. The van der Waals surface area contributed by atoms with Crippen LogP contribution in [0.1, 0.15) is 44.2 Å². The fourth-order valence-electron chi connectivity index (χ4n) is 4.55. The molecule has 3 atom stereocenters. The zero-order valence-electron chi connectivity index (χ0n) is 14.0. The quantitative estimate of drug-likeness (QED) is 0.575. The fraction of sp³-hybridized carbons (Fsp3) is 0.684. The largest absolute Gasteiger partial charge is 0.508 e. The lowest BCUT2D eigenvalue weighted by Gasteiger charge is -2.54. The van der Waals surface area contributed by atoms with E-state index in [1.807, 2.05) is 17.1 Å². The molecule has 1 N–H and O–H groups in total. The van der Waals surface area contributed by atoms with Crippen LogP contribution < -0.4 is 0 Å². The second-order valence-corrected chi connectivity index (χ2v) is 7.51. The summed E-state index contributed by atoms with van der Waals surface area (Å²) in [5.74, 6) is 2.09. The molecule has 0 aromatic heterocycles. The van der Waals surface area contributed by atoms with Crippen molar-refractivity contribution in [2.75, 3.05) is 18.0 Å². The minimum Gasteiger partial charge on any atom is -0.508 e. The van der Waals surface area contributed by atoms with Crippen molar-refractivity contribution in [2.45, 2.75) is 51.0 Å². The molecular weight excluding hydrogens is 385 g/mol. The molecule has 1 aromatic rings. The Morgan fingerprint density at radius 3 is 2.73 bits per heavy atom. The van der Waals surface area contributed by atoms with Crippen molar-refractivity contribution in [3.05, 3.63) is 29.3 Å². The van der Waals surface area contributed by atoms with Gasteiger partial charge in [-0.05, 0) is 77.7 Å². The lowest BCUT2D eigenvalue weighted by atomic mass is 9.59. The van der Waals surface area contributed by atoms with Crippen LogP contribution in [0.25, 0.3) is 0 Å². The van der Waals surface area contributed by atoms with Crippen molar-refractivity contribution in [3.8, 4) is 5.75 Å². The average Bonchev–Trinajstić information content (AvgIpc) is 3.33. The fourth-order valence-corrected chi connectivity index (χ4v) is 4.55. The van der Waals surface area contributed by atoms with E-state index in [2.05, 4.69) is 47.4 Å². The molecule has 1 saturated heterocycles. The number of piperidine rings is 1. The summed E-state index contributed by atoms with van der Waals surface area (Å²) >= 11 is 2.15. The molecule has 3 heteroatoms. The lowest BCUT2D eigenvalue weighted by Crippen LogP contribution is -2.58. The molecule has 22 heavy (non-hydrogen) atoms. The molecule has 2 fully saturated rings. The predicted molar refractivity (Wildman–Crippen MR) is 101 cm³/mol. The number of likely N-dealkylation sites (tertiary alicyclic amines) is 1. The molecule has 1 aromatic carbocycles. The number of phenols is 1. The van der Waals surface area contributed by atoms with Gasteiger partial charge >= 0.3 is 0 Å². The van der Waals surface area contributed by atoms with Crippen LogP contribution >= 0.6 is 22.6 Å². The monoisotopic (exact) mass is 413 g/mol. The van der Waals surface area contributed by atoms with E-state index in [0.29, 0.717) is 17.7 Å². The number of aromatic hydroxyl groups is 1. The van der Waals surface area contributed by atoms with Crippen molar-refractivity contribution in [1.29, 1.82) is 0 Å². The Hall–Kier alpha value is -0.290. The number of hydrogen-bond acceptors (Lipinski definition) is 2. The topological polar surface area (TPSA) is 23.5 Å². The van der Waals surface area contributed by atoms with Crippen molar-refractivity contribution >= 4 is 22.6 Å². The molecule has 2 aliphatic carbocycles. The first-order chi connectivity index (χ1) is 10.6. The van der Waals surface area contributed by atoms with E-state index in [1.54, 1.807) is 0 Å². The zero-order chi connectivity index (χ0) is 15.9. The molecule has 122 valence electrons. The third kappa shape index (κ3) is 2.79. The molecule has 2 nitrogen and oxygen atoms in total. The van der Waals surface area contributed by atoms with Crippen LogP contribution in [0.2, 0.25) is 0 Å². The molecule has 3 unspecified atom stereocenters. The highest BCUT2D eigenvalue weighted by atomic mass is 127. The normalized spacial score (nSPS) is 33.6. The highest BCUT2D eigenvalue weighted by Crippen LogP contribution is 2.49. The van der Waals surface area contributed by atoms with Gasteiger partial charge in [0.05, 0.1) is 0 Å². The van der Waals surface area contributed by atoms with Gasteiger partial charge in [-0.1, -0.05) is 42.5 Å². The van der Waals surface area contributed by atoms with E-state index >= 15 is 0 Å². The van der Waals surface area contributed by atoms with E-state index in [4.69, 9.17) is 0 Å². The minimum atomic E-state index is 0.247. The van der Waals surface area contributed by atoms with Gasteiger partial charge in [0.2, 0.25) is 0 Å². The molecule has 3 aliphatic rings. The van der Waals surface area contributed by atoms with Crippen LogP contribution in [-0.2, 0) is 11.8 Å². The third-order valence-electron chi connectivity index (χ3n) is 6.30. The van der Waals surface area contributed by atoms with Gasteiger partial charge in [0.25, 0.3) is 0 Å².